The summed E-state index contributed by atoms with van der Waals surface area (Å²) < 4.78 is 40.2. The van der Waals surface area contributed by atoms with Crippen molar-refractivity contribution in [2.45, 2.75) is 0 Å². The topological polar surface area (TPSA) is 49.4 Å². The first-order valence-corrected chi connectivity index (χ1v) is 8.61. The van der Waals surface area contributed by atoms with Gasteiger partial charge in [-0.05, 0) is 60.2 Å². The van der Waals surface area contributed by atoms with E-state index < -0.39 is 29.3 Å². The van der Waals surface area contributed by atoms with Crippen LogP contribution in [0.4, 0.5) is 24.5 Å². The maximum Gasteiger partial charge on any atom is 0.282 e. The lowest BCUT2D eigenvalue weighted by atomic mass is 10.0. The monoisotopic (exact) mass is 394 g/mol. The average molecular weight is 394 g/mol. The quantitative estimate of drug-likeness (QED) is 0.663. The SMILES string of the molecule is O=C1C(Nc2ccc(F)cc2)=C(c2ccc(F)cc2)C(=O)N1c1cccc(F)c1. The van der Waals surface area contributed by atoms with Gasteiger partial charge in [0.25, 0.3) is 11.8 Å². The van der Waals surface area contributed by atoms with Gasteiger partial charge >= 0.3 is 0 Å². The van der Waals surface area contributed by atoms with Gasteiger partial charge in [-0.1, -0.05) is 18.2 Å². The van der Waals surface area contributed by atoms with Crippen molar-refractivity contribution in [2.75, 3.05) is 10.2 Å². The number of rotatable bonds is 4. The minimum atomic E-state index is -0.704. The van der Waals surface area contributed by atoms with E-state index in [1.54, 1.807) is 0 Å². The largest absolute Gasteiger partial charge is 0.350 e. The molecule has 0 aromatic heterocycles. The molecule has 0 unspecified atom stereocenters. The summed E-state index contributed by atoms with van der Waals surface area (Å²) in [6.45, 7) is 0. The van der Waals surface area contributed by atoms with E-state index >= 15 is 0 Å². The van der Waals surface area contributed by atoms with Crippen molar-refractivity contribution in [3.8, 4) is 0 Å². The molecule has 2 amide bonds. The maximum absolute atomic E-state index is 13.7. The van der Waals surface area contributed by atoms with E-state index in [0.29, 0.717) is 11.3 Å². The summed E-state index contributed by atoms with van der Waals surface area (Å²) in [5, 5.41) is 2.84. The zero-order valence-electron chi connectivity index (χ0n) is 14.8. The standard InChI is InChI=1S/C22H13F3N2O2/c23-14-6-4-13(5-7-14)19-20(26-17-10-8-15(24)9-11-17)22(29)27(21(19)28)18-3-1-2-16(25)12-18/h1-12,26H. The molecular formula is C22H13F3N2O2. The third-order valence-electron chi connectivity index (χ3n) is 4.40. The van der Waals surface area contributed by atoms with Crippen LogP contribution in [0.25, 0.3) is 5.57 Å². The lowest BCUT2D eigenvalue weighted by Crippen LogP contribution is -2.32. The van der Waals surface area contributed by atoms with Gasteiger partial charge in [0.05, 0.1) is 11.3 Å². The third-order valence-corrected chi connectivity index (χ3v) is 4.40. The number of anilines is 2. The Morgan fingerprint density at radius 1 is 0.690 bits per heavy atom. The van der Waals surface area contributed by atoms with Gasteiger partial charge in [0.2, 0.25) is 0 Å². The fourth-order valence-corrected chi connectivity index (χ4v) is 3.06. The second-order valence-corrected chi connectivity index (χ2v) is 6.31. The molecule has 4 rings (SSSR count). The van der Waals surface area contributed by atoms with Crippen LogP contribution in [-0.2, 0) is 9.59 Å². The van der Waals surface area contributed by atoms with Crippen molar-refractivity contribution in [3.05, 3.63) is 102 Å². The highest BCUT2D eigenvalue weighted by Crippen LogP contribution is 2.34. The van der Waals surface area contributed by atoms with Crippen molar-refractivity contribution in [3.63, 3.8) is 0 Å². The summed E-state index contributed by atoms with van der Waals surface area (Å²) in [7, 11) is 0. The molecule has 0 saturated carbocycles. The number of amides is 2. The molecule has 0 spiro atoms. The molecule has 144 valence electrons. The first-order chi connectivity index (χ1) is 13.9. The van der Waals surface area contributed by atoms with E-state index in [2.05, 4.69) is 5.32 Å². The molecule has 0 saturated heterocycles. The van der Waals surface area contributed by atoms with Crippen LogP contribution in [0.5, 0.6) is 0 Å². The Hall–Kier alpha value is -3.87. The van der Waals surface area contributed by atoms with Crippen molar-refractivity contribution < 1.29 is 22.8 Å². The van der Waals surface area contributed by atoms with Gasteiger partial charge in [-0.25, -0.2) is 18.1 Å². The van der Waals surface area contributed by atoms with E-state index in [9.17, 15) is 22.8 Å². The van der Waals surface area contributed by atoms with Gasteiger partial charge in [0.1, 0.15) is 23.1 Å². The molecule has 0 fully saturated rings. The smallest absolute Gasteiger partial charge is 0.282 e. The molecule has 0 atom stereocenters. The fourth-order valence-electron chi connectivity index (χ4n) is 3.06. The Kier molecular flexibility index (Phi) is 4.64. The molecule has 1 aliphatic rings. The van der Waals surface area contributed by atoms with Crippen LogP contribution < -0.4 is 10.2 Å². The highest BCUT2D eigenvalue weighted by molar-refractivity contribution is 6.46. The Balaban J connectivity index is 1.82. The summed E-state index contributed by atoms with van der Waals surface area (Å²) in [4.78, 5) is 27.0. The van der Waals surface area contributed by atoms with Gasteiger partial charge in [0, 0.05) is 5.69 Å². The highest BCUT2D eigenvalue weighted by Gasteiger charge is 2.40. The number of benzene rings is 3. The summed E-state index contributed by atoms with van der Waals surface area (Å²) >= 11 is 0. The molecule has 0 radical (unpaired) electrons. The average Bonchev–Trinajstić information content (AvgIpc) is 2.94. The summed E-state index contributed by atoms with van der Waals surface area (Å²) in [5.41, 5.74) is 0.688. The number of hydrogen-bond acceptors (Lipinski definition) is 3. The van der Waals surface area contributed by atoms with Crippen LogP contribution in [0.15, 0.2) is 78.5 Å². The van der Waals surface area contributed by atoms with Crippen LogP contribution in [0, 0.1) is 17.5 Å². The summed E-state index contributed by atoms with van der Waals surface area (Å²) in [6, 6.07) is 15.4. The maximum atomic E-state index is 13.7. The zero-order valence-corrected chi connectivity index (χ0v) is 14.8. The molecule has 0 aliphatic carbocycles. The minimum absolute atomic E-state index is 0.00332. The van der Waals surface area contributed by atoms with Crippen molar-refractivity contribution >= 4 is 28.8 Å². The second kappa shape index (κ2) is 7.27. The lowest BCUT2D eigenvalue weighted by molar-refractivity contribution is -0.120. The molecule has 1 heterocycles. The number of hydrogen-bond donors (Lipinski definition) is 1. The van der Waals surface area contributed by atoms with Crippen LogP contribution >= 0.6 is 0 Å². The number of carbonyl (C=O) groups is 2. The molecule has 29 heavy (non-hydrogen) atoms. The molecule has 3 aromatic carbocycles. The van der Waals surface area contributed by atoms with Crippen LogP contribution in [0.2, 0.25) is 0 Å². The van der Waals surface area contributed by atoms with Crippen LogP contribution in [0.3, 0.4) is 0 Å². The Morgan fingerprint density at radius 2 is 1.31 bits per heavy atom. The first kappa shape index (κ1) is 18.5. The van der Waals surface area contributed by atoms with Crippen LogP contribution in [-0.4, -0.2) is 11.8 Å². The van der Waals surface area contributed by atoms with E-state index in [4.69, 9.17) is 0 Å². The molecule has 7 heteroatoms. The van der Waals surface area contributed by atoms with Gasteiger partial charge in [0.15, 0.2) is 0 Å². The molecule has 3 aromatic rings. The van der Waals surface area contributed by atoms with E-state index in [-0.39, 0.29) is 17.0 Å². The minimum Gasteiger partial charge on any atom is -0.350 e. The van der Waals surface area contributed by atoms with Gasteiger partial charge in [-0.3, -0.25) is 9.59 Å². The predicted octanol–water partition coefficient (Wildman–Crippen LogP) is 4.50. The molecule has 1 N–H and O–H groups in total. The molecule has 1 aliphatic heterocycles. The summed E-state index contributed by atoms with van der Waals surface area (Å²) in [6.07, 6.45) is 0. The van der Waals surface area contributed by atoms with Crippen LogP contribution in [0.1, 0.15) is 5.56 Å². The van der Waals surface area contributed by atoms with Crippen molar-refractivity contribution in [2.24, 2.45) is 0 Å². The number of nitrogens with zero attached hydrogens (tertiary/aromatic N) is 1. The normalized spacial score (nSPS) is 14.0. The van der Waals surface area contributed by atoms with E-state index in [1.807, 2.05) is 0 Å². The number of carbonyl (C=O) groups excluding carboxylic acids is 2. The fraction of sp³-hybridized carbons (Fsp3) is 0. The predicted molar refractivity (Wildman–Crippen MR) is 102 cm³/mol. The Morgan fingerprint density at radius 3 is 1.93 bits per heavy atom. The van der Waals surface area contributed by atoms with E-state index in [0.717, 1.165) is 11.0 Å². The molecular weight excluding hydrogens is 381 g/mol. The number of halogens is 3. The van der Waals surface area contributed by atoms with Gasteiger partial charge in [-0.2, -0.15) is 0 Å². The molecule has 4 nitrogen and oxygen atoms in total. The molecule has 0 bridgehead atoms. The highest BCUT2D eigenvalue weighted by atomic mass is 19.1. The number of nitrogens with one attached hydrogen (secondary N) is 1. The van der Waals surface area contributed by atoms with Crippen molar-refractivity contribution in [1.82, 2.24) is 0 Å². The Labute approximate surface area is 163 Å². The summed E-state index contributed by atoms with van der Waals surface area (Å²) in [5.74, 6) is -2.95. The van der Waals surface area contributed by atoms with Crippen molar-refractivity contribution in [1.29, 1.82) is 0 Å². The van der Waals surface area contributed by atoms with E-state index in [1.165, 1.54) is 66.7 Å². The second-order valence-electron chi connectivity index (χ2n) is 6.31. The van der Waals surface area contributed by atoms with Gasteiger partial charge in [-0.15, -0.1) is 0 Å². The zero-order chi connectivity index (χ0) is 20.5. The van der Waals surface area contributed by atoms with Gasteiger partial charge < -0.3 is 5.32 Å². The third kappa shape index (κ3) is 3.50. The lowest BCUT2D eigenvalue weighted by Gasteiger charge is -2.15. The Bertz CT molecular complexity index is 1140. The first-order valence-electron chi connectivity index (χ1n) is 8.61. The number of imide groups is 1.